The van der Waals surface area contributed by atoms with E-state index < -0.39 is 5.60 Å². The first kappa shape index (κ1) is 17.5. The molecule has 0 spiro atoms. The Kier molecular flexibility index (Phi) is 6.50. The predicted molar refractivity (Wildman–Crippen MR) is 87.0 cm³/mol. The summed E-state index contributed by atoms with van der Waals surface area (Å²) >= 11 is 0. The van der Waals surface area contributed by atoms with Crippen LogP contribution in [0.25, 0.3) is 0 Å². The van der Waals surface area contributed by atoms with Crippen molar-refractivity contribution in [3.8, 4) is 0 Å². The second kappa shape index (κ2) is 8.16. The third-order valence-corrected chi connectivity index (χ3v) is 4.35. The Balaban J connectivity index is 1.78. The molecule has 2 N–H and O–H groups in total. The molecule has 0 radical (unpaired) electrons. The van der Waals surface area contributed by atoms with Gasteiger partial charge in [0.2, 0.25) is 0 Å². The van der Waals surface area contributed by atoms with Gasteiger partial charge in [0.25, 0.3) is 0 Å². The summed E-state index contributed by atoms with van der Waals surface area (Å²) in [5.41, 5.74) is -0.458. The maximum atomic E-state index is 12.0. The Bertz CT molecular complexity index is 348. The molecular formula is C17H32N2O3. The molecule has 1 heterocycles. The van der Waals surface area contributed by atoms with Gasteiger partial charge < -0.3 is 20.1 Å². The van der Waals surface area contributed by atoms with E-state index in [0.717, 1.165) is 19.4 Å². The summed E-state index contributed by atoms with van der Waals surface area (Å²) in [5.74, 6) is 0. The van der Waals surface area contributed by atoms with Gasteiger partial charge >= 0.3 is 6.09 Å². The molecule has 2 rings (SSSR count). The Morgan fingerprint density at radius 3 is 2.55 bits per heavy atom. The molecule has 1 aliphatic carbocycles. The van der Waals surface area contributed by atoms with E-state index in [0.29, 0.717) is 12.7 Å². The second-order valence-electron chi connectivity index (χ2n) is 7.55. The van der Waals surface area contributed by atoms with Crippen LogP contribution in [-0.2, 0) is 9.47 Å². The van der Waals surface area contributed by atoms with Gasteiger partial charge in [-0.1, -0.05) is 19.3 Å². The molecule has 2 fully saturated rings. The highest BCUT2D eigenvalue weighted by Gasteiger charge is 2.29. The highest BCUT2D eigenvalue weighted by atomic mass is 16.6. The molecule has 2 atom stereocenters. The molecule has 1 aliphatic heterocycles. The fraction of sp³-hybridized carbons (Fsp3) is 0.941. The molecule has 0 bridgehead atoms. The average Bonchev–Trinajstić information content (AvgIpc) is 2.45. The number of carbonyl (C=O) groups excluding carboxylic acids is 1. The van der Waals surface area contributed by atoms with Crippen molar-refractivity contribution in [3.63, 3.8) is 0 Å². The minimum absolute atomic E-state index is 0.0900. The first-order chi connectivity index (χ1) is 10.4. The Morgan fingerprint density at radius 2 is 1.86 bits per heavy atom. The Hall–Kier alpha value is -0.810. The van der Waals surface area contributed by atoms with Crippen molar-refractivity contribution in [2.75, 3.05) is 13.2 Å². The lowest BCUT2D eigenvalue weighted by Gasteiger charge is -2.35. The van der Waals surface area contributed by atoms with Crippen LogP contribution in [0.4, 0.5) is 4.79 Å². The van der Waals surface area contributed by atoms with Crippen molar-refractivity contribution < 1.29 is 14.3 Å². The van der Waals surface area contributed by atoms with E-state index >= 15 is 0 Å². The number of rotatable bonds is 4. The lowest BCUT2D eigenvalue weighted by atomic mass is 9.97. The van der Waals surface area contributed by atoms with Gasteiger partial charge in [-0.15, -0.1) is 0 Å². The number of hydrogen-bond donors (Lipinski definition) is 2. The monoisotopic (exact) mass is 312 g/mol. The standard InChI is InChI=1S/C17H32N2O3/c1-17(2,3)22-16(20)19-14-10-7-11-18-15(14)12-21-13-8-5-4-6-9-13/h13-15,18H,4-12H2,1-3H3,(H,19,20)/t14-,15-/m0/s1. The first-order valence-electron chi connectivity index (χ1n) is 8.78. The fourth-order valence-electron chi connectivity index (χ4n) is 3.23. The number of carbonyl (C=O) groups is 1. The molecule has 1 amide bonds. The quantitative estimate of drug-likeness (QED) is 0.838. The van der Waals surface area contributed by atoms with Gasteiger partial charge in [-0.25, -0.2) is 4.79 Å². The van der Waals surface area contributed by atoms with Crippen LogP contribution in [0.2, 0.25) is 0 Å². The maximum Gasteiger partial charge on any atom is 0.407 e. The summed E-state index contributed by atoms with van der Waals surface area (Å²) in [7, 11) is 0. The number of amides is 1. The van der Waals surface area contributed by atoms with E-state index in [9.17, 15) is 4.79 Å². The van der Waals surface area contributed by atoms with E-state index in [2.05, 4.69) is 10.6 Å². The zero-order valence-corrected chi connectivity index (χ0v) is 14.3. The van der Waals surface area contributed by atoms with Gasteiger partial charge in [0, 0.05) is 6.04 Å². The van der Waals surface area contributed by atoms with Crippen molar-refractivity contribution in [1.82, 2.24) is 10.6 Å². The average molecular weight is 312 g/mol. The van der Waals surface area contributed by atoms with Gasteiger partial charge in [0.05, 0.1) is 18.8 Å². The lowest BCUT2D eigenvalue weighted by Crippen LogP contribution is -2.56. The molecular weight excluding hydrogens is 280 g/mol. The number of ether oxygens (including phenoxy) is 2. The van der Waals surface area contributed by atoms with Crippen molar-refractivity contribution in [1.29, 1.82) is 0 Å². The Labute approximate surface area is 134 Å². The van der Waals surface area contributed by atoms with Gasteiger partial charge in [0.1, 0.15) is 5.60 Å². The molecule has 0 unspecified atom stereocenters. The maximum absolute atomic E-state index is 12.0. The zero-order chi connectivity index (χ0) is 16.0. The summed E-state index contributed by atoms with van der Waals surface area (Å²) in [5, 5.41) is 6.49. The predicted octanol–water partition coefficient (Wildman–Crippen LogP) is 2.98. The molecule has 2 aliphatic rings. The molecule has 1 saturated heterocycles. The van der Waals surface area contributed by atoms with Gasteiger partial charge in [-0.3, -0.25) is 0 Å². The van der Waals surface area contributed by atoms with Gasteiger partial charge in [-0.05, 0) is 53.0 Å². The number of piperidine rings is 1. The Morgan fingerprint density at radius 1 is 1.14 bits per heavy atom. The van der Waals surface area contributed by atoms with Crippen LogP contribution in [0, 0.1) is 0 Å². The summed E-state index contributed by atoms with van der Waals surface area (Å²) in [4.78, 5) is 12.0. The highest BCUT2D eigenvalue weighted by molar-refractivity contribution is 5.68. The van der Waals surface area contributed by atoms with Crippen LogP contribution in [0.5, 0.6) is 0 Å². The zero-order valence-electron chi connectivity index (χ0n) is 14.3. The van der Waals surface area contributed by atoms with Gasteiger partial charge in [-0.2, -0.15) is 0 Å². The molecule has 5 nitrogen and oxygen atoms in total. The molecule has 128 valence electrons. The van der Waals surface area contributed by atoms with E-state index in [-0.39, 0.29) is 18.2 Å². The fourth-order valence-corrected chi connectivity index (χ4v) is 3.23. The van der Waals surface area contributed by atoms with Crippen LogP contribution >= 0.6 is 0 Å². The van der Waals surface area contributed by atoms with Crippen molar-refractivity contribution >= 4 is 6.09 Å². The van der Waals surface area contributed by atoms with Crippen molar-refractivity contribution in [2.24, 2.45) is 0 Å². The normalized spacial score (nSPS) is 27.4. The number of alkyl carbamates (subject to hydrolysis) is 1. The third kappa shape index (κ3) is 6.13. The third-order valence-electron chi connectivity index (χ3n) is 4.35. The molecule has 0 aromatic heterocycles. The van der Waals surface area contributed by atoms with Crippen LogP contribution in [0.15, 0.2) is 0 Å². The second-order valence-corrected chi connectivity index (χ2v) is 7.55. The minimum Gasteiger partial charge on any atom is -0.444 e. The molecule has 0 aromatic rings. The summed E-state index contributed by atoms with van der Waals surface area (Å²) < 4.78 is 11.4. The highest BCUT2D eigenvalue weighted by Crippen LogP contribution is 2.21. The summed E-state index contributed by atoms with van der Waals surface area (Å²) in [6.45, 7) is 7.32. The van der Waals surface area contributed by atoms with Crippen LogP contribution in [-0.4, -0.2) is 43.0 Å². The van der Waals surface area contributed by atoms with E-state index in [1.165, 1.54) is 32.1 Å². The van der Waals surface area contributed by atoms with E-state index in [1.807, 2.05) is 20.8 Å². The van der Waals surface area contributed by atoms with E-state index in [1.54, 1.807) is 0 Å². The number of nitrogens with one attached hydrogen (secondary N) is 2. The largest absolute Gasteiger partial charge is 0.444 e. The SMILES string of the molecule is CC(C)(C)OC(=O)N[C@H]1CCCN[C@H]1COC1CCCCC1. The van der Waals surface area contributed by atoms with Crippen molar-refractivity contribution in [2.45, 2.75) is 89.5 Å². The van der Waals surface area contributed by atoms with Crippen molar-refractivity contribution in [3.05, 3.63) is 0 Å². The van der Waals surface area contributed by atoms with Gasteiger partial charge in [0.15, 0.2) is 0 Å². The summed E-state index contributed by atoms with van der Waals surface area (Å²) in [6.07, 6.45) is 8.37. The van der Waals surface area contributed by atoms with Crippen LogP contribution in [0.1, 0.15) is 65.7 Å². The van der Waals surface area contributed by atoms with Crippen LogP contribution < -0.4 is 10.6 Å². The lowest BCUT2D eigenvalue weighted by molar-refractivity contribution is 0.00442. The summed E-state index contributed by atoms with van der Waals surface area (Å²) in [6, 6.07) is 0.274. The number of hydrogen-bond acceptors (Lipinski definition) is 4. The molecule has 1 saturated carbocycles. The smallest absolute Gasteiger partial charge is 0.407 e. The molecule has 0 aromatic carbocycles. The van der Waals surface area contributed by atoms with Crippen LogP contribution in [0.3, 0.4) is 0 Å². The minimum atomic E-state index is -0.458. The first-order valence-corrected chi connectivity index (χ1v) is 8.78. The molecule has 22 heavy (non-hydrogen) atoms. The topological polar surface area (TPSA) is 59.6 Å². The van der Waals surface area contributed by atoms with E-state index in [4.69, 9.17) is 9.47 Å². The molecule has 5 heteroatoms.